The fraction of sp³-hybridized carbons (Fsp3) is 0.111. The molecule has 0 bridgehead atoms. The van der Waals surface area contributed by atoms with E-state index in [9.17, 15) is 0 Å². The van der Waals surface area contributed by atoms with E-state index in [4.69, 9.17) is 16.7 Å². The Balaban J connectivity index is 3.11. The highest BCUT2D eigenvalue weighted by molar-refractivity contribution is 6.17. The molecule has 58 valence electrons. The third-order valence-corrected chi connectivity index (χ3v) is 1.70. The number of rotatable bonds is 2. The Bertz CT molecular complexity index is 268. The van der Waals surface area contributed by atoms with Crippen LogP contribution in [0, 0.1) is 0 Å². The molecule has 0 fully saturated rings. The second-order valence-corrected chi connectivity index (χ2v) is 2.54. The maximum atomic E-state index is 9.15. The Labute approximate surface area is 70.9 Å². The number of phenols is 1. The predicted molar refractivity (Wildman–Crippen MR) is 47.8 cm³/mol. The Morgan fingerprint density at radius 2 is 2.18 bits per heavy atom. The van der Waals surface area contributed by atoms with Crippen molar-refractivity contribution in [3.8, 4) is 5.75 Å². The van der Waals surface area contributed by atoms with Crippen LogP contribution in [0.4, 0.5) is 0 Å². The van der Waals surface area contributed by atoms with Crippen molar-refractivity contribution in [1.29, 1.82) is 0 Å². The zero-order valence-electron chi connectivity index (χ0n) is 6.05. The van der Waals surface area contributed by atoms with Gasteiger partial charge in [-0.3, -0.25) is 0 Å². The van der Waals surface area contributed by atoms with Gasteiger partial charge in [0.25, 0.3) is 0 Å². The van der Waals surface area contributed by atoms with Crippen LogP contribution in [0.15, 0.2) is 24.8 Å². The Kier molecular flexibility index (Phi) is 2.55. The number of phenolic OH excluding ortho intramolecular Hbond substituents is 1. The van der Waals surface area contributed by atoms with Crippen LogP contribution in [-0.4, -0.2) is 5.11 Å². The maximum absolute atomic E-state index is 9.15. The lowest BCUT2D eigenvalue weighted by Gasteiger charge is -1.99. The second kappa shape index (κ2) is 3.44. The van der Waals surface area contributed by atoms with E-state index in [1.165, 1.54) is 0 Å². The molecule has 1 rings (SSSR count). The van der Waals surface area contributed by atoms with Crippen molar-refractivity contribution in [3.63, 3.8) is 0 Å². The van der Waals surface area contributed by atoms with Crippen molar-refractivity contribution in [2.75, 3.05) is 0 Å². The summed E-state index contributed by atoms with van der Waals surface area (Å²) in [5, 5.41) is 9.15. The summed E-state index contributed by atoms with van der Waals surface area (Å²) in [6, 6.07) is 5.17. The molecule has 0 aliphatic carbocycles. The van der Waals surface area contributed by atoms with Crippen molar-refractivity contribution in [2.24, 2.45) is 0 Å². The summed E-state index contributed by atoms with van der Waals surface area (Å²) in [5.74, 6) is 0.646. The zero-order valence-corrected chi connectivity index (χ0v) is 6.80. The molecule has 11 heavy (non-hydrogen) atoms. The lowest BCUT2D eigenvalue weighted by atomic mass is 10.1. The van der Waals surface area contributed by atoms with E-state index in [1.807, 2.05) is 6.07 Å². The highest BCUT2D eigenvalue weighted by Gasteiger charge is 1.95. The van der Waals surface area contributed by atoms with Crippen molar-refractivity contribution >= 4 is 17.7 Å². The monoisotopic (exact) mass is 168 g/mol. The standard InChI is InChI=1S/C9H9ClO/c1-2-7-3-8(6-10)5-9(11)4-7/h2-5,11H,1,6H2. The van der Waals surface area contributed by atoms with Gasteiger partial charge in [0.2, 0.25) is 0 Å². The summed E-state index contributed by atoms with van der Waals surface area (Å²) in [7, 11) is 0. The lowest BCUT2D eigenvalue weighted by molar-refractivity contribution is 0.474. The van der Waals surface area contributed by atoms with Crippen molar-refractivity contribution < 1.29 is 5.11 Å². The first kappa shape index (κ1) is 8.15. The van der Waals surface area contributed by atoms with Gasteiger partial charge in [0, 0.05) is 5.88 Å². The van der Waals surface area contributed by atoms with Gasteiger partial charge >= 0.3 is 0 Å². The van der Waals surface area contributed by atoms with Crippen LogP contribution in [-0.2, 0) is 5.88 Å². The highest BCUT2D eigenvalue weighted by Crippen LogP contribution is 2.17. The van der Waals surface area contributed by atoms with Gasteiger partial charge in [0.15, 0.2) is 0 Å². The molecule has 0 radical (unpaired) electrons. The van der Waals surface area contributed by atoms with Gasteiger partial charge in [-0.05, 0) is 23.3 Å². The minimum Gasteiger partial charge on any atom is -0.508 e. The summed E-state index contributed by atoms with van der Waals surface area (Å²) in [6.07, 6.45) is 1.68. The van der Waals surface area contributed by atoms with E-state index >= 15 is 0 Å². The van der Waals surface area contributed by atoms with Crippen LogP contribution < -0.4 is 0 Å². The molecule has 1 nitrogen and oxygen atoms in total. The molecule has 0 heterocycles. The fourth-order valence-electron chi connectivity index (χ4n) is 0.895. The van der Waals surface area contributed by atoms with Crippen LogP contribution in [0.1, 0.15) is 11.1 Å². The Morgan fingerprint density at radius 3 is 2.73 bits per heavy atom. The van der Waals surface area contributed by atoms with Gasteiger partial charge in [-0.2, -0.15) is 0 Å². The number of hydrogen-bond donors (Lipinski definition) is 1. The number of hydrogen-bond acceptors (Lipinski definition) is 1. The van der Waals surface area contributed by atoms with E-state index in [2.05, 4.69) is 6.58 Å². The van der Waals surface area contributed by atoms with E-state index in [1.54, 1.807) is 18.2 Å². The molecule has 0 saturated heterocycles. The average molecular weight is 169 g/mol. The summed E-state index contributed by atoms with van der Waals surface area (Å²) in [4.78, 5) is 0. The minimum atomic E-state index is 0.234. The van der Waals surface area contributed by atoms with Crippen LogP contribution in [0.2, 0.25) is 0 Å². The first-order chi connectivity index (χ1) is 5.26. The van der Waals surface area contributed by atoms with Gasteiger partial charge in [-0.1, -0.05) is 18.7 Å². The first-order valence-electron chi connectivity index (χ1n) is 3.27. The van der Waals surface area contributed by atoms with Gasteiger partial charge in [0.05, 0.1) is 0 Å². The second-order valence-electron chi connectivity index (χ2n) is 2.27. The summed E-state index contributed by atoms with van der Waals surface area (Å²) >= 11 is 5.58. The smallest absolute Gasteiger partial charge is 0.116 e. The molecule has 0 spiro atoms. The molecular formula is C9H9ClO. The van der Waals surface area contributed by atoms with E-state index in [0.29, 0.717) is 5.88 Å². The molecule has 0 aromatic heterocycles. The largest absolute Gasteiger partial charge is 0.508 e. The first-order valence-corrected chi connectivity index (χ1v) is 3.81. The van der Waals surface area contributed by atoms with Crippen LogP contribution in [0.25, 0.3) is 6.08 Å². The van der Waals surface area contributed by atoms with Gasteiger partial charge in [0.1, 0.15) is 5.75 Å². The van der Waals surface area contributed by atoms with E-state index in [0.717, 1.165) is 11.1 Å². The predicted octanol–water partition coefficient (Wildman–Crippen LogP) is 2.77. The molecule has 0 unspecified atom stereocenters. The van der Waals surface area contributed by atoms with Gasteiger partial charge < -0.3 is 5.11 Å². The highest BCUT2D eigenvalue weighted by atomic mass is 35.5. The molecule has 0 saturated carbocycles. The normalized spacial score (nSPS) is 9.55. The molecular weight excluding hydrogens is 160 g/mol. The van der Waals surface area contributed by atoms with Crippen LogP contribution in [0.3, 0.4) is 0 Å². The molecule has 1 aromatic carbocycles. The van der Waals surface area contributed by atoms with Crippen molar-refractivity contribution in [3.05, 3.63) is 35.9 Å². The number of aromatic hydroxyl groups is 1. The molecule has 0 aliphatic heterocycles. The minimum absolute atomic E-state index is 0.234. The maximum Gasteiger partial charge on any atom is 0.116 e. The summed E-state index contributed by atoms with van der Waals surface area (Å²) < 4.78 is 0. The summed E-state index contributed by atoms with van der Waals surface area (Å²) in [6.45, 7) is 3.59. The number of halogens is 1. The molecule has 0 atom stereocenters. The fourth-order valence-corrected chi connectivity index (χ4v) is 1.05. The zero-order chi connectivity index (χ0) is 8.27. The topological polar surface area (TPSA) is 20.2 Å². The van der Waals surface area contributed by atoms with Crippen molar-refractivity contribution in [2.45, 2.75) is 5.88 Å². The number of alkyl halides is 1. The molecule has 0 aliphatic rings. The van der Waals surface area contributed by atoms with Crippen LogP contribution in [0.5, 0.6) is 5.75 Å². The molecule has 1 aromatic rings. The van der Waals surface area contributed by atoms with E-state index in [-0.39, 0.29) is 5.75 Å². The lowest BCUT2D eigenvalue weighted by Crippen LogP contribution is -1.79. The van der Waals surface area contributed by atoms with Gasteiger partial charge in [-0.15, -0.1) is 11.6 Å². The SMILES string of the molecule is C=Cc1cc(O)cc(CCl)c1. The third kappa shape index (κ3) is 1.99. The average Bonchev–Trinajstić information content (AvgIpc) is 2.03. The molecule has 0 amide bonds. The Morgan fingerprint density at radius 1 is 1.45 bits per heavy atom. The van der Waals surface area contributed by atoms with Crippen molar-refractivity contribution in [1.82, 2.24) is 0 Å². The quantitative estimate of drug-likeness (QED) is 0.674. The van der Waals surface area contributed by atoms with E-state index < -0.39 is 0 Å². The van der Waals surface area contributed by atoms with Gasteiger partial charge in [-0.25, -0.2) is 0 Å². The third-order valence-electron chi connectivity index (χ3n) is 1.39. The number of benzene rings is 1. The molecule has 2 heteroatoms. The molecule has 1 N–H and O–H groups in total. The summed E-state index contributed by atoms with van der Waals surface area (Å²) in [5.41, 5.74) is 1.79. The van der Waals surface area contributed by atoms with Crippen LogP contribution >= 0.6 is 11.6 Å². The Hall–Kier alpha value is -0.950.